The van der Waals surface area contributed by atoms with E-state index >= 15 is 0 Å². The Hall–Kier alpha value is -2.45. The van der Waals surface area contributed by atoms with Crippen molar-refractivity contribution in [3.63, 3.8) is 0 Å². The largest absolute Gasteiger partial charge is 0.380 e. The SMILES string of the molecule is N/C(=N\OC(=O)c1ccc(Cl)cc1[N+](=O)[O-])c1cccc(Br)c1. The summed E-state index contributed by atoms with van der Waals surface area (Å²) in [6.07, 6.45) is 0. The van der Waals surface area contributed by atoms with Crippen molar-refractivity contribution in [2.24, 2.45) is 10.9 Å². The molecule has 0 aromatic heterocycles. The Morgan fingerprint density at radius 2 is 2.04 bits per heavy atom. The summed E-state index contributed by atoms with van der Waals surface area (Å²) in [5.41, 5.74) is 5.49. The van der Waals surface area contributed by atoms with E-state index in [2.05, 4.69) is 25.9 Å². The Labute approximate surface area is 144 Å². The van der Waals surface area contributed by atoms with Gasteiger partial charge in [-0.25, -0.2) is 4.79 Å². The fraction of sp³-hybridized carbons (Fsp3) is 0. The third kappa shape index (κ3) is 4.27. The lowest BCUT2D eigenvalue weighted by molar-refractivity contribution is -0.385. The van der Waals surface area contributed by atoms with Crippen molar-refractivity contribution in [3.05, 3.63) is 73.2 Å². The van der Waals surface area contributed by atoms with Crippen LogP contribution in [0.4, 0.5) is 5.69 Å². The minimum atomic E-state index is -1.01. The molecule has 0 saturated carbocycles. The highest BCUT2D eigenvalue weighted by Crippen LogP contribution is 2.24. The number of benzene rings is 2. The molecule has 2 N–H and O–H groups in total. The van der Waals surface area contributed by atoms with Gasteiger partial charge in [0.2, 0.25) is 0 Å². The van der Waals surface area contributed by atoms with E-state index in [4.69, 9.17) is 17.3 Å². The number of amidine groups is 1. The van der Waals surface area contributed by atoms with Crippen LogP contribution in [0, 0.1) is 10.1 Å². The number of carbonyl (C=O) groups is 1. The summed E-state index contributed by atoms with van der Waals surface area (Å²) >= 11 is 8.95. The van der Waals surface area contributed by atoms with Gasteiger partial charge in [-0.15, -0.1) is 0 Å². The van der Waals surface area contributed by atoms with Crippen LogP contribution in [-0.2, 0) is 4.84 Å². The van der Waals surface area contributed by atoms with Crippen LogP contribution in [0.1, 0.15) is 15.9 Å². The van der Waals surface area contributed by atoms with Crippen LogP contribution in [0.15, 0.2) is 52.1 Å². The first-order valence-electron chi connectivity index (χ1n) is 6.13. The Kier molecular flexibility index (Phi) is 5.30. The van der Waals surface area contributed by atoms with E-state index in [0.717, 1.165) is 10.5 Å². The first kappa shape index (κ1) is 16.9. The smallest absolute Gasteiger partial charge is 0.372 e. The van der Waals surface area contributed by atoms with Crippen LogP contribution in [-0.4, -0.2) is 16.7 Å². The van der Waals surface area contributed by atoms with E-state index in [1.54, 1.807) is 24.3 Å². The van der Waals surface area contributed by atoms with Crippen LogP contribution >= 0.6 is 27.5 Å². The molecule has 2 rings (SSSR count). The first-order valence-corrected chi connectivity index (χ1v) is 7.30. The number of hydrogen-bond acceptors (Lipinski definition) is 5. The lowest BCUT2D eigenvalue weighted by atomic mass is 10.2. The molecule has 0 bridgehead atoms. The monoisotopic (exact) mass is 397 g/mol. The molecule has 0 atom stereocenters. The molecule has 0 saturated heterocycles. The molecule has 0 aliphatic heterocycles. The topological polar surface area (TPSA) is 108 Å². The highest BCUT2D eigenvalue weighted by Gasteiger charge is 2.22. The molecule has 0 spiro atoms. The highest BCUT2D eigenvalue weighted by atomic mass is 79.9. The second-order valence-electron chi connectivity index (χ2n) is 4.28. The molecular weight excluding hydrogens is 390 g/mol. The predicted molar refractivity (Wildman–Crippen MR) is 88.4 cm³/mol. The number of nitro groups is 1. The predicted octanol–water partition coefficient (Wildman–Crippen LogP) is 3.49. The summed E-state index contributed by atoms with van der Waals surface area (Å²) in [5.74, 6) is -1.05. The van der Waals surface area contributed by atoms with Crippen LogP contribution < -0.4 is 5.73 Å². The molecule has 2 aromatic carbocycles. The average Bonchev–Trinajstić information content (AvgIpc) is 2.52. The van der Waals surface area contributed by atoms with Crippen molar-refractivity contribution in [1.29, 1.82) is 0 Å². The zero-order valence-electron chi connectivity index (χ0n) is 11.4. The van der Waals surface area contributed by atoms with E-state index in [1.165, 1.54) is 12.1 Å². The van der Waals surface area contributed by atoms with Crippen molar-refractivity contribution < 1.29 is 14.6 Å². The van der Waals surface area contributed by atoms with Crippen LogP contribution in [0.3, 0.4) is 0 Å². The van der Waals surface area contributed by atoms with Crippen molar-refractivity contribution >= 4 is 45.0 Å². The fourth-order valence-corrected chi connectivity index (χ4v) is 2.23. The minimum Gasteiger partial charge on any atom is -0.380 e. The normalized spacial score (nSPS) is 11.1. The highest BCUT2D eigenvalue weighted by molar-refractivity contribution is 9.10. The molecule has 0 radical (unpaired) electrons. The number of nitrogens with two attached hydrogens (primary N) is 1. The summed E-state index contributed by atoms with van der Waals surface area (Å²) in [7, 11) is 0. The molecule has 0 aliphatic carbocycles. The Bertz CT molecular complexity index is 810. The van der Waals surface area contributed by atoms with Gasteiger partial charge in [0.1, 0.15) is 5.56 Å². The molecule has 118 valence electrons. The summed E-state index contributed by atoms with van der Waals surface area (Å²) in [4.78, 5) is 26.8. The van der Waals surface area contributed by atoms with Crippen molar-refractivity contribution in [2.45, 2.75) is 0 Å². The quantitative estimate of drug-likeness (QED) is 0.279. The van der Waals surface area contributed by atoms with Gasteiger partial charge in [-0.2, -0.15) is 0 Å². The van der Waals surface area contributed by atoms with Gasteiger partial charge in [0, 0.05) is 21.1 Å². The maximum Gasteiger partial charge on any atom is 0.372 e. The summed E-state index contributed by atoms with van der Waals surface area (Å²) in [6.45, 7) is 0. The van der Waals surface area contributed by atoms with Crippen LogP contribution in [0.5, 0.6) is 0 Å². The van der Waals surface area contributed by atoms with Crippen molar-refractivity contribution in [3.8, 4) is 0 Å². The van der Waals surface area contributed by atoms with Crippen molar-refractivity contribution in [2.75, 3.05) is 0 Å². The van der Waals surface area contributed by atoms with Gasteiger partial charge in [-0.3, -0.25) is 10.1 Å². The second-order valence-corrected chi connectivity index (χ2v) is 5.64. The summed E-state index contributed by atoms with van der Waals surface area (Å²) in [5, 5.41) is 14.6. The molecule has 0 aliphatic rings. The third-order valence-electron chi connectivity index (χ3n) is 2.72. The van der Waals surface area contributed by atoms with Gasteiger partial charge < -0.3 is 10.6 Å². The van der Waals surface area contributed by atoms with Gasteiger partial charge >= 0.3 is 5.97 Å². The molecule has 7 nitrogen and oxygen atoms in total. The van der Waals surface area contributed by atoms with E-state index in [1.807, 2.05) is 0 Å². The number of oxime groups is 1. The second kappa shape index (κ2) is 7.21. The Morgan fingerprint density at radius 3 is 2.70 bits per heavy atom. The Morgan fingerprint density at radius 1 is 1.30 bits per heavy atom. The lowest BCUT2D eigenvalue weighted by Crippen LogP contribution is -2.15. The van der Waals surface area contributed by atoms with E-state index in [0.29, 0.717) is 5.56 Å². The number of halogens is 2. The number of rotatable bonds is 4. The summed E-state index contributed by atoms with van der Waals surface area (Å²) in [6, 6.07) is 10.5. The molecule has 0 amide bonds. The minimum absolute atomic E-state index is 0.0451. The van der Waals surface area contributed by atoms with Gasteiger partial charge in [0.15, 0.2) is 5.84 Å². The van der Waals surface area contributed by atoms with Crippen molar-refractivity contribution in [1.82, 2.24) is 0 Å². The Balaban J connectivity index is 2.23. The number of carbonyl (C=O) groups excluding carboxylic acids is 1. The number of nitrogens with zero attached hydrogens (tertiary/aromatic N) is 2. The molecular formula is C14H9BrClN3O4. The van der Waals surface area contributed by atoms with Gasteiger partial charge in [0.25, 0.3) is 5.69 Å². The molecule has 0 unspecified atom stereocenters. The van der Waals surface area contributed by atoms with Gasteiger partial charge in [-0.1, -0.05) is 44.8 Å². The zero-order valence-corrected chi connectivity index (χ0v) is 13.7. The summed E-state index contributed by atoms with van der Waals surface area (Å²) < 4.78 is 0.771. The standard InChI is InChI=1S/C14H9BrClN3O4/c15-9-3-1-2-8(6-9)13(17)18-23-14(20)11-5-4-10(16)7-12(11)19(21)22/h1-7H,(H2,17,18). The van der Waals surface area contributed by atoms with E-state index < -0.39 is 16.6 Å². The van der Waals surface area contributed by atoms with Crippen LogP contribution in [0.25, 0.3) is 0 Å². The van der Waals surface area contributed by atoms with E-state index in [9.17, 15) is 14.9 Å². The molecule has 9 heteroatoms. The average molecular weight is 399 g/mol. The van der Waals surface area contributed by atoms with Gasteiger partial charge in [-0.05, 0) is 24.3 Å². The molecule has 0 heterocycles. The molecule has 23 heavy (non-hydrogen) atoms. The maximum atomic E-state index is 11.9. The number of nitro benzene ring substituents is 1. The van der Waals surface area contributed by atoms with Gasteiger partial charge in [0.05, 0.1) is 4.92 Å². The zero-order chi connectivity index (χ0) is 17.0. The fourth-order valence-electron chi connectivity index (χ4n) is 1.67. The van der Waals surface area contributed by atoms with E-state index in [-0.39, 0.29) is 16.4 Å². The third-order valence-corrected chi connectivity index (χ3v) is 3.45. The molecule has 2 aromatic rings. The van der Waals surface area contributed by atoms with Crippen LogP contribution in [0.2, 0.25) is 5.02 Å². The lowest BCUT2D eigenvalue weighted by Gasteiger charge is -2.03. The maximum absolute atomic E-state index is 11.9. The number of hydrogen-bond donors (Lipinski definition) is 1. The molecule has 0 fully saturated rings. The first-order chi connectivity index (χ1) is 10.9.